The van der Waals surface area contributed by atoms with Crippen LogP contribution in [0.15, 0.2) is 78.4 Å². The number of aliphatic carboxylic acids is 1. The Morgan fingerprint density at radius 2 is 1.50 bits per heavy atom. The summed E-state index contributed by atoms with van der Waals surface area (Å²) in [6.07, 6.45) is 0. The number of ketones is 1. The first-order chi connectivity index (χ1) is 17.3. The highest BCUT2D eigenvalue weighted by Gasteiger charge is 2.47. The number of carbonyl (C=O) groups is 3. The van der Waals surface area contributed by atoms with Crippen LogP contribution in [0.3, 0.4) is 0 Å². The number of carboxylic acids is 1. The van der Waals surface area contributed by atoms with Gasteiger partial charge in [0.25, 0.3) is 11.7 Å². The van der Waals surface area contributed by atoms with Gasteiger partial charge in [0.1, 0.15) is 23.0 Å². The molecule has 1 atom stereocenters. The molecule has 9 nitrogen and oxygen atoms in total. The summed E-state index contributed by atoms with van der Waals surface area (Å²) in [6.45, 7) is -0.518. The van der Waals surface area contributed by atoms with Gasteiger partial charge < -0.3 is 24.4 Å². The van der Waals surface area contributed by atoms with Crippen LogP contribution in [0.4, 0.5) is 5.69 Å². The molecule has 0 saturated carbocycles. The van der Waals surface area contributed by atoms with Crippen molar-refractivity contribution in [2.24, 2.45) is 0 Å². The van der Waals surface area contributed by atoms with Gasteiger partial charge in [0.2, 0.25) is 0 Å². The van der Waals surface area contributed by atoms with Gasteiger partial charge in [-0.3, -0.25) is 14.5 Å². The van der Waals surface area contributed by atoms with Crippen LogP contribution >= 0.6 is 0 Å². The van der Waals surface area contributed by atoms with E-state index in [0.717, 1.165) is 0 Å². The van der Waals surface area contributed by atoms with Crippen LogP contribution in [0.25, 0.3) is 5.76 Å². The van der Waals surface area contributed by atoms with Crippen LogP contribution in [0.1, 0.15) is 17.2 Å². The summed E-state index contributed by atoms with van der Waals surface area (Å²) >= 11 is 0. The molecule has 0 aliphatic carbocycles. The number of nitrogens with zero attached hydrogens (tertiary/aromatic N) is 1. The predicted molar refractivity (Wildman–Crippen MR) is 130 cm³/mol. The van der Waals surface area contributed by atoms with Crippen molar-refractivity contribution in [2.45, 2.75) is 6.04 Å². The minimum atomic E-state index is -1.12. The number of benzene rings is 3. The van der Waals surface area contributed by atoms with Crippen LogP contribution in [-0.4, -0.2) is 48.7 Å². The fourth-order valence-electron chi connectivity index (χ4n) is 3.98. The Balaban J connectivity index is 1.83. The van der Waals surface area contributed by atoms with E-state index in [0.29, 0.717) is 28.3 Å². The number of aliphatic hydroxyl groups is 1. The highest BCUT2D eigenvalue weighted by molar-refractivity contribution is 6.51. The zero-order chi connectivity index (χ0) is 25.8. The number of ether oxygens (including phenoxy) is 3. The lowest BCUT2D eigenvalue weighted by molar-refractivity contribution is -0.139. The van der Waals surface area contributed by atoms with Gasteiger partial charge in [0.15, 0.2) is 6.61 Å². The maximum absolute atomic E-state index is 13.3. The normalized spacial score (nSPS) is 16.6. The molecule has 0 radical (unpaired) electrons. The lowest BCUT2D eigenvalue weighted by Gasteiger charge is -2.26. The molecule has 1 fully saturated rings. The molecular weight excluding hydrogens is 466 g/mol. The second-order valence-electron chi connectivity index (χ2n) is 7.85. The van der Waals surface area contributed by atoms with Crippen molar-refractivity contribution in [3.05, 3.63) is 89.5 Å². The van der Waals surface area contributed by atoms with E-state index in [1.807, 2.05) is 0 Å². The topological polar surface area (TPSA) is 123 Å². The molecule has 1 saturated heterocycles. The second kappa shape index (κ2) is 10.2. The third-order valence-corrected chi connectivity index (χ3v) is 5.69. The first kappa shape index (κ1) is 24.3. The van der Waals surface area contributed by atoms with Crippen LogP contribution in [0.2, 0.25) is 0 Å². The molecule has 1 amide bonds. The molecule has 0 bridgehead atoms. The van der Waals surface area contributed by atoms with Crippen molar-refractivity contribution >= 4 is 29.1 Å². The van der Waals surface area contributed by atoms with Gasteiger partial charge in [0, 0.05) is 11.3 Å². The van der Waals surface area contributed by atoms with Crippen molar-refractivity contribution in [1.82, 2.24) is 0 Å². The SMILES string of the molecule is COc1ccc(C(O)=C2C(=O)C(=O)N(c3ccc(OCC(=O)O)cc3)C2c2cccc(OC)c2)cc1. The largest absolute Gasteiger partial charge is 0.507 e. The third-order valence-electron chi connectivity index (χ3n) is 5.69. The molecule has 36 heavy (non-hydrogen) atoms. The fraction of sp³-hybridized carbons (Fsp3) is 0.148. The van der Waals surface area contributed by atoms with Crippen LogP contribution in [0.5, 0.6) is 17.2 Å². The van der Waals surface area contributed by atoms with Crippen LogP contribution in [0, 0.1) is 0 Å². The van der Waals surface area contributed by atoms with Crippen molar-refractivity contribution in [2.75, 3.05) is 25.7 Å². The Bertz CT molecular complexity index is 1330. The lowest BCUT2D eigenvalue weighted by atomic mass is 9.95. The molecule has 1 aliphatic rings. The average Bonchev–Trinajstić information content (AvgIpc) is 3.17. The summed E-state index contributed by atoms with van der Waals surface area (Å²) in [5, 5.41) is 20.0. The Morgan fingerprint density at radius 3 is 2.11 bits per heavy atom. The Morgan fingerprint density at radius 1 is 0.861 bits per heavy atom. The van der Waals surface area contributed by atoms with Crippen molar-refractivity contribution in [3.8, 4) is 17.2 Å². The summed E-state index contributed by atoms with van der Waals surface area (Å²) in [7, 11) is 3.02. The molecule has 9 heteroatoms. The molecule has 2 N–H and O–H groups in total. The second-order valence-corrected chi connectivity index (χ2v) is 7.85. The van der Waals surface area contributed by atoms with Gasteiger partial charge in [0.05, 0.1) is 25.8 Å². The summed E-state index contributed by atoms with van der Waals surface area (Å²) in [5.41, 5.74) is 1.18. The minimum Gasteiger partial charge on any atom is -0.507 e. The van der Waals surface area contributed by atoms with Crippen molar-refractivity contribution < 1.29 is 38.8 Å². The molecule has 1 aliphatic heterocycles. The van der Waals surface area contributed by atoms with E-state index >= 15 is 0 Å². The average molecular weight is 489 g/mol. The molecule has 3 aromatic carbocycles. The van der Waals surface area contributed by atoms with E-state index < -0.39 is 30.3 Å². The molecule has 3 aromatic rings. The van der Waals surface area contributed by atoms with Gasteiger partial charge in [-0.2, -0.15) is 0 Å². The number of hydrogen-bond acceptors (Lipinski definition) is 7. The van der Waals surface area contributed by atoms with Crippen molar-refractivity contribution in [3.63, 3.8) is 0 Å². The maximum atomic E-state index is 13.3. The minimum absolute atomic E-state index is 0.0791. The fourth-order valence-corrected chi connectivity index (χ4v) is 3.98. The quantitative estimate of drug-likeness (QED) is 0.278. The monoisotopic (exact) mass is 489 g/mol. The predicted octanol–water partition coefficient (Wildman–Crippen LogP) is 3.79. The van der Waals surface area contributed by atoms with E-state index in [9.17, 15) is 19.5 Å². The number of carboxylic acid groups (broad SMARTS) is 1. The van der Waals surface area contributed by atoms with Crippen LogP contribution < -0.4 is 19.1 Å². The molecular formula is C27H23NO8. The summed E-state index contributed by atoms with van der Waals surface area (Å²) in [6, 6.07) is 18.5. The molecule has 1 heterocycles. The van der Waals surface area contributed by atoms with E-state index in [-0.39, 0.29) is 17.1 Å². The number of rotatable bonds is 8. The van der Waals surface area contributed by atoms with Gasteiger partial charge in [-0.25, -0.2) is 4.79 Å². The highest BCUT2D eigenvalue weighted by Crippen LogP contribution is 2.43. The summed E-state index contributed by atoms with van der Waals surface area (Å²) in [5.74, 6) is -1.75. The summed E-state index contributed by atoms with van der Waals surface area (Å²) in [4.78, 5) is 38.6. The number of carbonyl (C=O) groups excluding carboxylic acids is 2. The number of anilines is 1. The molecule has 4 rings (SSSR count). The lowest BCUT2D eigenvalue weighted by Crippen LogP contribution is -2.29. The first-order valence-electron chi connectivity index (χ1n) is 10.9. The molecule has 184 valence electrons. The van der Waals surface area contributed by atoms with Gasteiger partial charge in [-0.1, -0.05) is 12.1 Å². The number of aliphatic hydroxyl groups excluding tert-OH is 1. The van der Waals surface area contributed by atoms with E-state index in [4.69, 9.17) is 19.3 Å². The Labute approximate surface area is 206 Å². The van der Waals surface area contributed by atoms with E-state index in [1.54, 1.807) is 60.7 Å². The van der Waals surface area contributed by atoms with Crippen molar-refractivity contribution in [1.29, 1.82) is 0 Å². The Hall–Kier alpha value is -4.79. The number of Topliss-reactive ketones (excluding diaryl/α,β-unsaturated/α-hetero) is 1. The van der Waals surface area contributed by atoms with Gasteiger partial charge in [-0.05, 0) is 66.2 Å². The first-order valence-corrected chi connectivity index (χ1v) is 10.9. The van der Waals surface area contributed by atoms with Crippen LogP contribution in [-0.2, 0) is 14.4 Å². The number of amides is 1. The van der Waals surface area contributed by atoms with E-state index in [2.05, 4.69) is 0 Å². The molecule has 0 aromatic heterocycles. The number of methoxy groups -OCH3 is 2. The zero-order valence-corrected chi connectivity index (χ0v) is 19.5. The van der Waals surface area contributed by atoms with E-state index in [1.165, 1.54) is 31.3 Å². The molecule has 0 spiro atoms. The Kier molecular flexibility index (Phi) is 6.91. The highest BCUT2D eigenvalue weighted by atomic mass is 16.5. The number of hydrogen-bond donors (Lipinski definition) is 2. The van der Waals surface area contributed by atoms with Gasteiger partial charge >= 0.3 is 5.97 Å². The maximum Gasteiger partial charge on any atom is 0.341 e. The molecule has 1 unspecified atom stereocenters. The smallest absolute Gasteiger partial charge is 0.341 e. The van der Waals surface area contributed by atoms with Gasteiger partial charge in [-0.15, -0.1) is 0 Å². The third kappa shape index (κ3) is 4.72. The summed E-state index contributed by atoms with van der Waals surface area (Å²) < 4.78 is 15.7. The zero-order valence-electron chi connectivity index (χ0n) is 19.5. The standard InChI is InChI=1S/C27H23NO8/c1-34-19-10-6-16(7-11-19)25(31)23-24(17-4-3-5-21(14-17)35-2)28(27(33)26(23)32)18-8-12-20(13-9-18)36-15-22(29)30/h3-14,24,31H,15H2,1-2H3,(H,29,30).